The number of hydrogen-bond donors (Lipinski definition) is 2. The van der Waals surface area contributed by atoms with Crippen molar-refractivity contribution in [3.05, 3.63) is 58.4 Å². The van der Waals surface area contributed by atoms with E-state index in [1.54, 1.807) is 26.0 Å². The zero-order valence-corrected chi connectivity index (χ0v) is 13.7. The first-order chi connectivity index (χ1) is 11.3. The summed E-state index contributed by atoms with van der Waals surface area (Å²) in [5, 5.41) is 10.2. The number of rotatable bonds is 1. The predicted molar refractivity (Wildman–Crippen MR) is 93.5 cm³/mol. The molecular formula is C19H17N3O2. The van der Waals surface area contributed by atoms with E-state index in [1.807, 2.05) is 25.1 Å². The van der Waals surface area contributed by atoms with Crippen LogP contribution in [0.3, 0.4) is 0 Å². The Morgan fingerprint density at radius 3 is 2.67 bits per heavy atom. The van der Waals surface area contributed by atoms with Gasteiger partial charge in [-0.05, 0) is 44.9 Å². The number of benzene rings is 1. The van der Waals surface area contributed by atoms with E-state index in [0.717, 1.165) is 16.8 Å². The molecule has 0 aliphatic carbocycles. The van der Waals surface area contributed by atoms with E-state index in [0.29, 0.717) is 16.6 Å². The highest BCUT2D eigenvalue weighted by Crippen LogP contribution is 2.27. The van der Waals surface area contributed by atoms with Crippen molar-refractivity contribution < 1.29 is 5.11 Å². The molecule has 2 aromatic heterocycles. The van der Waals surface area contributed by atoms with E-state index < -0.39 is 5.60 Å². The lowest BCUT2D eigenvalue weighted by atomic mass is 10.0. The third-order valence-electron chi connectivity index (χ3n) is 3.54. The standard InChI is InChI=1S/C19H17N3O2/c1-12-14(8-7-13(22-12)9-10-19(2,3)24)15-5-4-6-16-17(15)20-11-21-18(16)23/h4-8,11,24H,1-3H3,(H,20,21,23). The van der Waals surface area contributed by atoms with Gasteiger partial charge < -0.3 is 10.1 Å². The lowest BCUT2D eigenvalue weighted by Crippen LogP contribution is -2.14. The summed E-state index contributed by atoms with van der Waals surface area (Å²) in [5.74, 6) is 5.62. The molecule has 24 heavy (non-hydrogen) atoms. The van der Waals surface area contributed by atoms with Crippen molar-refractivity contribution in [1.29, 1.82) is 0 Å². The maximum absolute atomic E-state index is 11.9. The first-order valence-electron chi connectivity index (χ1n) is 7.55. The topological polar surface area (TPSA) is 78.9 Å². The molecule has 1 aromatic carbocycles. The summed E-state index contributed by atoms with van der Waals surface area (Å²) < 4.78 is 0. The van der Waals surface area contributed by atoms with E-state index in [2.05, 4.69) is 26.8 Å². The summed E-state index contributed by atoms with van der Waals surface area (Å²) in [6, 6.07) is 9.20. The summed E-state index contributed by atoms with van der Waals surface area (Å²) >= 11 is 0. The van der Waals surface area contributed by atoms with Crippen molar-refractivity contribution >= 4 is 10.9 Å². The minimum Gasteiger partial charge on any atom is -0.378 e. The van der Waals surface area contributed by atoms with Crippen molar-refractivity contribution in [2.45, 2.75) is 26.4 Å². The number of nitrogens with one attached hydrogen (secondary N) is 1. The summed E-state index contributed by atoms with van der Waals surface area (Å²) in [6.45, 7) is 5.14. The summed E-state index contributed by atoms with van der Waals surface area (Å²) in [4.78, 5) is 23.3. The monoisotopic (exact) mass is 319 g/mol. The highest BCUT2D eigenvalue weighted by Gasteiger charge is 2.11. The Bertz CT molecular complexity index is 1030. The molecule has 0 atom stereocenters. The lowest BCUT2D eigenvalue weighted by molar-refractivity contribution is 0.143. The van der Waals surface area contributed by atoms with E-state index in [4.69, 9.17) is 0 Å². The van der Waals surface area contributed by atoms with E-state index in [1.165, 1.54) is 6.33 Å². The molecule has 0 amide bonds. The van der Waals surface area contributed by atoms with Gasteiger partial charge in [-0.25, -0.2) is 9.97 Å². The molecule has 2 heterocycles. The predicted octanol–water partition coefficient (Wildman–Crippen LogP) is 2.42. The first kappa shape index (κ1) is 15.9. The van der Waals surface area contributed by atoms with Crippen LogP contribution in [-0.4, -0.2) is 25.7 Å². The maximum atomic E-state index is 11.9. The minimum absolute atomic E-state index is 0.167. The fourth-order valence-electron chi connectivity index (χ4n) is 2.45. The smallest absolute Gasteiger partial charge is 0.258 e. The van der Waals surface area contributed by atoms with Crippen LogP contribution in [0.4, 0.5) is 0 Å². The SMILES string of the molecule is Cc1nc(C#CC(C)(C)O)ccc1-c1cccc2c(=O)[nH]cnc12. The molecule has 0 fully saturated rings. The number of aromatic nitrogens is 3. The van der Waals surface area contributed by atoms with Crippen molar-refractivity contribution in [2.75, 3.05) is 0 Å². The van der Waals surface area contributed by atoms with Gasteiger partial charge in [0.15, 0.2) is 0 Å². The van der Waals surface area contributed by atoms with Gasteiger partial charge in [0.1, 0.15) is 11.3 Å². The average molecular weight is 319 g/mol. The Labute approximate surface area is 139 Å². The van der Waals surface area contributed by atoms with Crippen LogP contribution in [0.25, 0.3) is 22.0 Å². The summed E-state index contributed by atoms with van der Waals surface area (Å²) in [6.07, 6.45) is 1.40. The number of fused-ring (bicyclic) bond motifs is 1. The molecule has 0 spiro atoms. The van der Waals surface area contributed by atoms with Gasteiger partial charge in [0.05, 0.1) is 17.2 Å². The van der Waals surface area contributed by atoms with Crippen molar-refractivity contribution in [1.82, 2.24) is 15.0 Å². The maximum Gasteiger partial charge on any atom is 0.258 e. The molecule has 0 bridgehead atoms. The van der Waals surface area contributed by atoms with Crippen LogP contribution in [0.5, 0.6) is 0 Å². The number of aryl methyl sites for hydroxylation is 1. The van der Waals surface area contributed by atoms with Crippen LogP contribution in [-0.2, 0) is 0 Å². The third kappa shape index (κ3) is 3.19. The molecule has 5 heteroatoms. The second-order valence-electron chi connectivity index (χ2n) is 6.07. The molecule has 0 unspecified atom stereocenters. The molecule has 2 N–H and O–H groups in total. The van der Waals surface area contributed by atoms with Gasteiger partial charge in [-0.15, -0.1) is 0 Å². The molecule has 0 saturated heterocycles. The fraction of sp³-hybridized carbons (Fsp3) is 0.211. The highest BCUT2D eigenvalue weighted by atomic mass is 16.3. The van der Waals surface area contributed by atoms with Gasteiger partial charge in [-0.1, -0.05) is 18.1 Å². The van der Waals surface area contributed by atoms with E-state index in [-0.39, 0.29) is 5.56 Å². The number of aliphatic hydroxyl groups is 1. The van der Waals surface area contributed by atoms with E-state index in [9.17, 15) is 9.90 Å². The fourth-order valence-corrected chi connectivity index (χ4v) is 2.45. The normalized spacial score (nSPS) is 11.2. The quantitative estimate of drug-likeness (QED) is 0.675. The lowest BCUT2D eigenvalue weighted by Gasteiger charge is -2.09. The Hall–Kier alpha value is -2.97. The minimum atomic E-state index is -1.06. The molecule has 5 nitrogen and oxygen atoms in total. The van der Waals surface area contributed by atoms with Crippen molar-refractivity contribution in [3.8, 4) is 23.0 Å². The molecular weight excluding hydrogens is 302 g/mol. The zero-order chi connectivity index (χ0) is 17.3. The highest BCUT2D eigenvalue weighted by molar-refractivity contribution is 5.93. The first-order valence-corrected chi connectivity index (χ1v) is 7.55. The van der Waals surface area contributed by atoms with Crippen LogP contribution in [0.1, 0.15) is 25.2 Å². The van der Waals surface area contributed by atoms with E-state index >= 15 is 0 Å². The van der Waals surface area contributed by atoms with Gasteiger partial charge >= 0.3 is 0 Å². The largest absolute Gasteiger partial charge is 0.378 e. The number of aromatic amines is 1. The molecule has 120 valence electrons. The van der Waals surface area contributed by atoms with Crippen LogP contribution in [0.2, 0.25) is 0 Å². The van der Waals surface area contributed by atoms with Crippen molar-refractivity contribution in [3.63, 3.8) is 0 Å². The average Bonchev–Trinajstić information content (AvgIpc) is 2.53. The Kier molecular flexibility index (Phi) is 3.92. The van der Waals surface area contributed by atoms with Gasteiger partial charge in [0.2, 0.25) is 0 Å². The van der Waals surface area contributed by atoms with Crippen LogP contribution in [0, 0.1) is 18.8 Å². The number of para-hydroxylation sites is 1. The second kappa shape index (κ2) is 5.91. The molecule has 0 aliphatic rings. The van der Waals surface area contributed by atoms with Crippen molar-refractivity contribution in [2.24, 2.45) is 0 Å². The van der Waals surface area contributed by atoms with Crippen LogP contribution < -0.4 is 5.56 Å². The van der Waals surface area contributed by atoms with Gasteiger partial charge in [-0.2, -0.15) is 0 Å². The molecule has 0 radical (unpaired) electrons. The Morgan fingerprint density at radius 1 is 1.17 bits per heavy atom. The summed E-state index contributed by atoms with van der Waals surface area (Å²) in [5.41, 5.74) is 2.53. The Balaban J connectivity index is 2.13. The van der Waals surface area contributed by atoms with Crippen LogP contribution in [0.15, 0.2) is 41.5 Å². The molecule has 3 rings (SSSR count). The Morgan fingerprint density at radius 2 is 1.96 bits per heavy atom. The number of H-pyrrole nitrogens is 1. The molecule has 0 aliphatic heterocycles. The second-order valence-corrected chi connectivity index (χ2v) is 6.07. The number of pyridine rings is 1. The third-order valence-corrected chi connectivity index (χ3v) is 3.54. The zero-order valence-electron chi connectivity index (χ0n) is 13.7. The van der Waals surface area contributed by atoms with Gasteiger partial charge in [0, 0.05) is 16.8 Å². The van der Waals surface area contributed by atoms with Gasteiger partial charge in [0.25, 0.3) is 5.56 Å². The van der Waals surface area contributed by atoms with Crippen LogP contribution >= 0.6 is 0 Å². The number of hydrogen-bond acceptors (Lipinski definition) is 4. The molecule has 0 saturated carbocycles. The number of nitrogens with zero attached hydrogens (tertiary/aromatic N) is 2. The summed E-state index contributed by atoms with van der Waals surface area (Å²) in [7, 11) is 0. The molecule has 3 aromatic rings. The van der Waals surface area contributed by atoms with Gasteiger partial charge in [-0.3, -0.25) is 4.79 Å².